The van der Waals surface area contributed by atoms with Crippen LogP contribution in [0.15, 0.2) is 0 Å². The van der Waals surface area contributed by atoms with Crippen LogP contribution in [-0.4, -0.2) is 20.1 Å². The Bertz CT molecular complexity index is 296. The molecule has 0 heterocycles. The summed E-state index contributed by atoms with van der Waals surface area (Å²) in [6.45, 7) is 4.24. The lowest BCUT2D eigenvalue weighted by Crippen LogP contribution is -2.23. The zero-order chi connectivity index (χ0) is 14.5. The summed E-state index contributed by atoms with van der Waals surface area (Å²) in [5.74, 6) is -1.07. The summed E-state index contributed by atoms with van der Waals surface area (Å²) in [7, 11) is 0. The van der Waals surface area contributed by atoms with Gasteiger partial charge in [0.2, 0.25) is 0 Å². The van der Waals surface area contributed by atoms with Crippen molar-refractivity contribution in [2.45, 2.75) is 78.1 Å². The molecule has 4 heteroatoms. The fraction of sp³-hybridized carbons (Fsp3) is 0.867. The van der Waals surface area contributed by atoms with E-state index >= 15 is 0 Å². The molecular weight excluding hydrogens is 260 g/mol. The Hall–Kier alpha value is -0.640. The third-order valence-electron chi connectivity index (χ3n) is 3.46. The maximum atomic E-state index is 11.0. The van der Waals surface area contributed by atoms with E-state index in [1.807, 2.05) is 6.92 Å². The van der Waals surface area contributed by atoms with Gasteiger partial charge in [-0.15, -0.1) is 0 Å². The number of hydrogen-bond donors (Lipinski definition) is 1. The first kappa shape index (κ1) is 18.4. The number of unbranched alkanes of at least 4 members (excludes halogenated alkanes) is 6. The third kappa shape index (κ3) is 8.98. The van der Waals surface area contributed by atoms with Gasteiger partial charge in [0.1, 0.15) is 4.86 Å². The molecule has 0 aliphatic carbocycles. The van der Waals surface area contributed by atoms with E-state index in [4.69, 9.17) is 5.11 Å². The van der Waals surface area contributed by atoms with Crippen molar-refractivity contribution >= 4 is 22.1 Å². The van der Waals surface area contributed by atoms with Crippen molar-refractivity contribution in [1.29, 1.82) is 0 Å². The summed E-state index contributed by atoms with van der Waals surface area (Å²) >= 11 is 0.168. The second-order valence-electron chi connectivity index (χ2n) is 5.15. The van der Waals surface area contributed by atoms with Crippen LogP contribution >= 0.6 is 0 Å². The number of carboxylic acid groups (broad SMARTS) is 1. The quantitative estimate of drug-likeness (QED) is 0.436. The molecule has 112 valence electrons. The van der Waals surface area contributed by atoms with Crippen LogP contribution in [0.2, 0.25) is 0 Å². The maximum Gasteiger partial charge on any atom is 0.345 e. The maximum absolute atomic E-state index is 11.0. The number of hydrogen-bond acceptors (Lipinski definition) is 2. The Balaban J connectivity index is 3.95. The van der Waals surface area contributed by atoms with Crippen LogP contribution in [0.1, 0.15) is 78.1 Å². The molecule has 0 rings (SSSR count). The van der Waals surface area contributed by atoms with Gasteiger partial charge in [0.25, 0.3) is 0 Å². The van der Waals surface area contributed by atoms with Gasteiger partial charge in [0.05, 0.1) is 11.3 Å². The first-order valence-electron chi connectivity index (χ1n) is 7.57. The molecule has 1 unspecified atom stereocenters. The van der Waals surface area contributed by atoms with Crippen molar-refractivity contribution in [3.05, 3.63) is 0 Å². The van der Waals surface area contributed by atoms with Crippen LogP contribution in [0, 0.1) is 5.92 Å². The van der Waals surface area contributed by atoms with E-state index in [-0.39, 0.29) is 22.0 Å². The van der Waals surface area contributed by atoms with Gasteiger partial charge >= 0.3 is 5.97 Å². The molecule has 0 saturated heterocycles. The standard InChI is InChI=1S/C15H28O3S/c1-3-5-6-7-8-9-10-12-13(11-4-2)14(19-18)15(16)17/h13H,3-12H2,1-2H3,(H,16,17). The fourth-order valence-electron chi connectivity index (χ4n) is 2.38. The largest absolute Gasteiger partial charge is 0.477 e. The molecule has 0 spiro atoms. The molecule has 0 fully saturated rings. The third-order valence-corrected chi connectivity index (χ3v) is 4.15. The summed E-state index contributed by atoms with van der Waals surface area (Å²) in [5.41, 5.74) is 0. The topological polar surface area (TPSA) is 54.4 Å². The van der Waals surface area contributed by atoms with Gasteiger partial charge in [-0.05, 0) is 12.8 Å². The number of carboxylic acids is 1. The van der Waals surface area contributed by atoms with E-state index in [1.54, 1.807) is 0 Å². The van der Waals surface area contributed by atoms with Crippen molar-refractivity contribution in [1.82, 2.24) is 0 Å². The Morgan fingerprint density at radius 1 is 0.947 bits per heavy atom. The summed E-state index contributed by atoms with van der Waals surface area (Å²) in [6, 6.07) is 0. The molecule has 0 aromatic heterocycles. The monoisotopic (exact) mass is 288 g/mol. The average Bonchev–Trinajstić information content (AvgIpc) is 2.38. The number of rotatable bonds is 12. The molecule has 0 radical (unpaired) electrons. The highest BCUT2D eigenvalue weighted by molar-refractivity contribution is 7.68. The molecule has 0 saturated carbocycles. The van der Waals surface area contributed by atoms with Gasteiger partial charge in [0, 0.05) is 5.92 Å². The van der Waals surface area contributed by atoms with E-state index in [2.05, 4.69) is 6.92 Å². The second kappa shape index (κ2) is 12.4. The summed E-state index contributed by atoms with van der Waals surface area (Å²) in [4.78, 5) is 11.1. The lowest BCUT2D eigenvalue weighted by atomic mass is 9.93. The molecule has 1 N–H and O–H groups in total. The predicted octanol–water partition coefficient (Wildman–Crippen LogP) is 4.01. The van der Waals surface area contributed by atoms with Crippen LogP contribution in [0.25, 0.3) is 0 Å². The minimum Gasteiger partial charge on any atom is -0.477 e. The van der Waals surface area contributed by atoms with Crippen molar-refractivity contribution in [2.75, 3.05) is 0 Å². The highest BCUT2D eigenvalue weighted by Gasteiger charge is 2.20. The Kier molecular flexibility index (Phi) is 12.0. The van der Waals surface area contributed by atoms with E-state index in [9.17, 15) is 9.00 Å². The normalized spacial score (nSPS) is 12.1. The first-order valence-corrected chi connectivity index (χ1v) is 8.31. The molecule has 0 aromatic carbocycles. The summed E-state index contributed by atoms with van der Waals surface area (Å²) in [5, 5.41) is 9.01. The minimum atomic E-state index is -1.03. The first-order chi connectivity index (χ1) is 9.17. The Labute approximate surface area is 120 Å². The molecule has 0 aliphatic rings. The smallest absolute Gasteiger partial charge is 0.345 e. The zero-order valence-corrected chi connectivity index (χ0v) is 13.1. The van der Waals surface area contributed by atoms with Crippen molar-refractivity contribution in [3.8, 4) is 0 Å². The zero-order valence-electron chi connectivity index (χ0n) is 12.3. The van der Waals surface area contributed by atoms with E-state index in [1.165, 1.54) is 32.1 Å². The molecule has 0 aliphatic heterocycles. The van der Waals surface area contributed by atoms with E-state index in [0.717, 1.165) is 32.1 Å². The second-order valence-corrected chi connectivity index (χ2v) is 5.75. The molecule has 0 amide bonds. The van der Waals surface area contributed by atoms with Crippen molar-refractivity contribution in [3.63, 3.8) is 0 Å². The molecule has 1 atom stereocenters. The Morgan fingerprint density at radius 2 is 1.53 bits per heavy atom. The number of aliphatic carboxylic acids is 1. The minimum absolute atomic E-state index is 0.0411. The van der Waals surface area contributed by atoms with Crippen molar-refractivity contribution in [2.24, 2.45) is 5.92 Å². The predicted molar refractivity (Wildman–Crippen MR) is 81.8 cm³/mol. The average molecular weight is 288 g/mol. The van der Waals surface area contributed by atoms with Gasteiger partial charge in [-0.1, -0.05) is 65.2 Å². The van der Waals surface area contributed by atoms with Gasteiger partial charge in [0.15, 0.2) is 0 Å². The highest BCUT2D eigenvalue weighted by atomic mass is 32.1. The summed E-state index contributed by atoms with van der Waals surface area (Å²) in [6.07, 6.45) is 11.2. The Morgan fingerprint density at radius 3 is 2.00 bits per heavy atom. The molecule has 19 heavy (non-hydrogen) atoms. The van der Waals surface area contributed by atoms with Crippen LogP contribution in [-0.2, 0) is 16.1 Å². The van der Waals surface area contributed by atoms with Crippen molar-refractivity contribution < 1.29 is 14.1 Å². The highest BCUT2D eigenvalue weighted by Crippen LogP contribution is 2.18. The van der Waals surface area contributed by atoms with Gasteiger partial charge in [-0.2, -0.15) is 0 Å². The summed E-state index contributed by atoms with van der Waals surface area (Å²) < 4.78 is 10.9. The van der Waals surface area contributed by atoms with Crippen LogP contribution in [0.5, 0.6) is 0 Å². The molecule has 0 aromatic rings. The number of carbonyl (C=O) groups is 1. The van der Waals surface area contributed by atoms with E-state index < -0.39 is 5.97 Å². The molecule has 3 nitrogen and oxygen atoms in total. The van der Waals surface area contributed by atoms with Crippen LogP contribution in [0.3, 0.4) is 0 Å². The van der Waals surface area contributed by atoms with Gasteiger partial charge < -0.3 is 5.11 Å². The lowest BCUT2D eigenvalue weighted by Gasteiger charge is -2.14. The van der Waals surface area contributed by atoms with E-state index in [0.29, 0.717) is 0 Å². The van der Waals surface area contributed by atoms with Crippen LogP contribution in [0.4, 0.5) is 0 Å². The molecule has 0 bridgehead atoms. The van der Waals surface area contributed by atoms with Crippen LogP contribution < -0.4 is 0 Å². The van der Waals surface area contributed by atoms with Gasteiger partial charge in [-0.3, -0.25) is 0 Å². The lowest BCUT2D eigenvalue weighted by molar-refractivity contribution is -0.129. The van der Waals surface area contributed by atoms with Gasteiger partial charge in [-0.25, -0.2) is 9.00 Å². The fourth-order valence-corrected chi connectivity index (χ4v) is 2.82. The SMILES string of the molecule is CCCCCCCCCC(CCC)C(=S=O)C(=O)O. The molecular formula is C15H28O3S.